The molecule has 1 aromatic rings. The average molecular weight is 416 g/mol. The van der Waals surface area contributed by atoms with Gasteiger partial charge in [-0.2, -0.15) is 0 Å². The van der Waals surface area contributed by atoms with E-state index in [4.69, 9.17) is 4.84 Å². The molecule has 10 heteroatoms. The van der Waals surface area contributed by atoms with Crippen LogP contribution in [-0.2, 0) is 19.7 Å². The van der Waals surface area contributed by atoms with Gasteiger partial charge in [-0.1, -0.05) is 4.47 Å². The maximum atomic E-state index is 12.8. The van der Waals surface area contributed by atoms with Crippen LogP contribution in [0.2, 0.25) is 0 Å². The van der Waals surface area contributed by atoms with Crippen LogP contribution in [-0.4, -0.2) is 67.0 Å². The van der Waals surface area contributed by atoms with Crippen molar-refractivity contribution >= 4 is 33.6 Å². The van der Waals surface area contributed by atoms with Crippen LogP contribution in [0.3, 0.4) is 0 Å². The molecule has 1 aliphatic rings. The van der Waals surface area contributed by atoms with Crippen LogP contribution in [0.15, 0.2) is 29.2 Å². The molecule has 0 bridgehead atoms. The van der Waals surface area contributed by atoms with Gasteiger partial charge < -0.3 is 10.2 Å². The monoisotopic (exact) mass is 415 g/mol. The fraction of sp³-hybridized carbons (Fsp3) is 0.529. The van der Waals surface area contributed by atoms with Crippen molar-refractivity contribution < 1.29 is 22.8 Å². The third-order valence-corrected chi connectivity index (χ3v) is 6.64. The Balaban J connectivity index is 2.18. The first-order valence-electron chi connectivity index (χ1n) is 8.31. The predicted octanol–water partition coefficient (Wildman–Crippen LogP) is 1.30. The summed E-state index contributed by atoms with van der Waals surface area (Å²) in [5.41, 5.74) is -0.0623. The van der Waals surface area contributed by atoms with Gasteiger partial charge in [-0.05, 0) is 45.0 Å². The maximum Gasteiger partial charge on any atom is 0.264 e. The van der Waals surface area contributed by atoms with Gasteiger partial charge in [-0.3, -0.25) is 14.4 Å². The van der Waals surface area contributed by atoms with Gasteiger partial charge in [-0.25, -0.2) is 8.42 Å². The topological polar surface area (TPSA) is 96.0 Å². The van der Waals surface area contributed by atoms with Crippen molar-refractivity contribution in [1.82, 2.24) is 14.7 Å². The Morgan fingerprint density at radius 2 is 1.85 bits per heavy atom. The lowest BCUT2D eigenvalue weighted by Crippen LogP contribution is -2.52. The highest BCUT2D eigenvalue weighted by Crippen LogP contribution is 2.25. The lowest BCUT2D eigenvalue weighted by Gasteiger charge is -2.27. The summed E-state index contributed by atoms with van der Waals surface area (Å²) in [6, 6.07) is 5.04. The van der Waals surface area contributed by atoms with Crippen LogP contribution < -0.4 is 5.32 Å². The quantitative estimate of drug-likeness (QED) is 0.728. The molecule has 2 amide bonds. The predicted molar refractivity (Wildman–Crippen MR) is 104 cm³/mol. The summed E-state index contributed by atoms with van der Waals surface area (Å²) in [6.07, 6.45) is 0. The number of hydrogen-bond donors (Lipinski definition) is 1. The van der Waals surface area contributed by atoms with Crippen LogP contribution in [0.25, 0.3) is 0 Å². The summed E-state index contributed by atoms with van der Waals surface area (Å²) in [4.78, 5) is 31.6. The number of carbonyl (C=O) groups is 2. The second-order valence-electron chi connectivity index (χ2n) is 7.15. The van der Waals surface area contributed by atoms with Gasteiger partial charge in [0.15, 0.2) is 0 Å². The van der Waals surface area contributed by atoms with Crippen molar-refractivity contribution in [3.63, 3.8) is 0 Å². The van der Waals surface area contributed by atoms with E-state index in [9.17, 15) is 18.0 Å². The second kappa shape index (κ2) is 8.17. The molecule has 1 unspecified atom stereocenters. The molecule has 1 saturated heterocycles. The molecule has 0 aliphatic carbocycles. The molecular formula is C17H25N3O5S2. The summed E-state index contributed by atoms with van der Waals surface area (Å²) >= 11 is 1.51. The first-order valence-corrected chi connectivity index (χ1v) is 10.9. The number of benzene rings is 1. The number of nitrogens with zero attached hydrogens (tertiary/aromatic N) is 2. The van der Waals surface area contributed by atoms with E-state index >= 15 is 0 Å². The van der Waals surface area contributed by atoms with Gasteiger partial charge >= 0.3 is 0 Å². The lowest BCUT2D eigenvalue weighted by atomic mass is 10.1. The van der Waals surface area contributed by atoms with E-state index in [0.29, 0.717) is 17.2 Å². The molecule has 1 atom stereocenters. The van der Waals surface area contributed by atoms with E-state index in [1.165, 1.54) is 55.1 Å². The molecule has 0 aromatic heterocycles. The van der Waals surface area contributed by atoms with Crippen LogP contribution in [0.5, 0.6) is 0 Å². The molecule has 1 aliphatic heterocycles. The minimum atomic E-state index is -3.78. The normalized spacial score (nSPS) is 18.0. The Kier molecular flexibility index (Phi) is 6.56. The Bertz CT molecular complexity index is 803. The molecule has 1 aromatic carbocycles. The number of hydrogen-bond acceptors (Lipinski definition) is 6. The first-order chi connectivity index (χ1) is 12.5. The summed E-state index contributed by atoms with van der Waals surface area (Å²) in [5, 5.41) is 2.90. The third-order valence-electron chi connectivity index (χ3n) is 3.94. The largest absolute Gasteiger partial charge is 0.350 e. The molecule has 0 spiro atoms. The van der Waals surface area contributed by atoms with Crippen molar-refractivity contribution in [3.8, 4) is 0 Å². The van der Waals surface area contributed by atoms with Gasteiger partial charge in [0.2, 0.25) is 5.91 Å². The highest BCUT2D eigenvalue weighted by Gasteiger charge is 2.36. The van der Waals surface area contributed by atoms with Crippen LogP contribution in [0.1, 0.15) is 31.1 Å². The molecule has 0 radical (unpaired) electrons. The SMILES string of the molecule is CON(C)S(=O)(=O)c1ccc(C(=O)N2CSCC2C(=O)NC(C)(C)C)cc1. The van der Waals surface area contributed by atoms with E-state index in [1.54, 1.807) is 0 Å². The number of amides is 2. The van der Waals surface area contributed by atoms with Gasteiger partial charge in [0.05, 0.1) is 17.9 Å². The summed E-state index contributed by atoms with van der Waals surface area (Å²) in [6.45, 7) is 5.65. The molecule has 2 rings (SSSR count). The molecule has 1 N–H and O–H groups in total. The molecule has 1 heterocycles. The number of carbonyl (C=O) groups excluding carboxylic acids is 2. The van der Waals surface area contributed by atoms with Gasteiger partial charge in [0, 0.05) is 23.9 Å². The third kappa shape index (κ3) is 5.01. The summed E-state index contributed by atoms with van der Waals surface area (Å²) in [5.74, 6) is 0.437. The number of thioether (sulfide) groups is 1. The molecule has 0 saturated carbocycles. The van der Waals surface area contributed by atoms with E-state index in [-0.39, 0.29) is 22.2 Å². The van der Waals surface area contributed by atoms with E-state index < -0.39 is 16.1 Å². The van der Waals surface area contributed by atoms with E-state index in [2.05, 4.69) is 5.32 Å². The van der Waals surface area contributed by atoms with Gasteiger partial charge in [0.25, 0.3) is 15.9 Å². The molecule has 27 heavy (non-hydrogen) atoms. The Morgan fingerprint density at radius 3 is 2.37 bits per heavy atom. The highest BCUT2D eigenvalue weighted by molar-refractivity contribution is 7.99. The Labute approximate surface area is 164 Å². The molecule has 8 nitrogen and oxygen atoms in total. The smallest absolute Gasteiger partial charge is 0.264 e. The zero-order chi connectivity index (χ0) is 20.4. The van der Waals surface area contributed by atoms with Crippen molar-refractivity contribution in [3.05, 3.63) is 29.8 Å². The summed E-state index contributed by atoms with van der Waals surface area (Å²) < 4.78 is 25.2. The lowest BCUT2D eigenvalue weighted by molar-refractivity contribution is -0.125. The van der Waals surface area contributed by atoms with Crippen molar-refractivity contribution in [1.29, 1.82) is 0 Å². The standard InChI is InChI=1S/C17H25N3O5S2/c1-17(2,3)18-15(21)14-10-26-11-20(14)16(22)12-6-8-13(9-7-12)27(23,24)19(4)25-5/h6-9,14H,10-11H2,1-5H3,(H,18,21). The van der Waals surface area contributed by atoms with Crippen LogP contribution >= 0.6 is 11.8 Å². The molecule has 150 valence electrons. The Hall–Kier alpha value is -1.62. The minimum absolute atomic E-state index is 0.0150. The minimum Gasteiger partial charge on any atom is -0.350 e. The summed E-state index contributed by atoms with van der Waals surface area (Å²) in [7, 11) is -1.24. The van der Waals surface area contributed by atoms with Crippen molar-refractivity contribution in [2.75, 3.05) is 25.8 Å². The van der Waals surface area contributed by atoms with Gasteiger partial charge in [-0.15, -0.1) is 11.8 Å². The number of rotatable bonds is 5. The first kappa shape index (κ1) is 21.7. The molecular weight excluding hydrogens is 390 g/mol. The zero-order valence-electron chi connectivity index (χ0n) is 16.1. The van der Waals surface area contributed by atoms with Crippen molar-refractivity contribution in [2.45, 2.75) is 37.2 Å². The fourth-order valence-corrected chi connectivity index (χ4v) is 4.62. The van der Waals surface area contributed by atoms with E-state index in [1.807, 2.05) is 20.8 Å². The van der Waals surface area contributed by atoms with Gasteiger partial charge in [0.1, 0.15) is 6.04 Å². The number of hydroxylamine groups is 1. The Morgan fingerprint density at radius 1 is 1.26 bits per heavy atom. The average Bonchev–Trinajstić information content (AvgIpc) is 3.08. The molecule has 1 fully saturated rings. The number of sulfonamides is 1. The van der Waals surface area contributed by atoms with Crippen molar-refractivity contribution in [2.24, 2.45) is 0 Å². The van der Waals surface area contributed by atoms with Crippen LogP contribution in [0, 0.1) is 0 Å². The fourth-order valence-electron chi connectivity index (χ4n) is 2.49. The van der Waals surface area contributed by atoms with E-state index in [0.717, 1.165) is 4.47 Å². The maximum absolute atomic E-state index is 12.8. The zero-order valence-corrected chi connectivity index (χ0v) is 17.7. The second-order valence-corrected chi connectivity index (χ2v) is 10.1. The number of nitrogens with one attached hydrogen (secondary N) is 1. The highest BCUT2D eigenvalue weighted by atomic mass is 32.2. The van der Waals surface area contributed by atoms with Crippen LogP contribution in [0.4, 0.5) is 0 Å².